The second-order valence-corrected chi connectivity index (χ2v) is 11.9. The first-order valence-corrected chi connectivity index (χ1v) is 11.2. The van der Waals surface area contributed by atoms with Crippen LogP contribution in [0.25, 0.3) is 0 Å². The molecule has 1 unspecified atom stereocenters. The van der Waals surface area contributed by atoms with Crippen molar-refractivity contribution in [2.45, 2.75) is 44.8 Å². The lowest BCUT2D eigenvalue weighted by Gasteiger charge is -2.45. The van der Waals surface area contributed by atoms with Crippen LogP contribution in [0.3, 0.4) is 0 Å². The van der Waals surface area contributed by atoms with Crippen LogP contribution in [0.4, 0.5) is 0 Å². The van der Waals surface area contributed by atoms with Crippen molar-refractivity contribution in [1.29, 1.82) is 0 Å². The van der Waals surface area contributed by atoms with E-state index in [0.29, 0.717) is 6.42 Å². The molecule has 146 valence electrons. The van der Waals surface area contributed by atoms with Crippen LogP contribution in [0.15, 0.2) is 60.7 Å². The quantitative estimate of drug-likeness (QED) is 0.560. The Hall–Kier alpha value is -1.95. The minimum absolute atomic E-state index is 0.0418. The zero-order valence-electron chi connectivity index (χ0n) is 16.6. The fraction of sp³-hybridized carbons (Fsp3) is 0.409. The molecule has 2 aromatic carbocycles. The van der Waals surface area contributed by atoms with Gasteiger partial charge in [0.1, 0.15) is 0 Å². The predicted octanol–water partition coefficient (Wildman–Crippen LogP) is 2.88. The third kappa shape index (κ3) is 4.86. The van der Waals surface area contributed by atoms with E-state index < -0.39 is 14.4 Å². The molecule has 1 N–H and O–H groups in total. The molecule has 0 saturated heterocycles. The fourth-order valence-electron chi connectivity index (χ4n) is 3.56. The van der Waals surface area contributed by atoms with Crippen molar-refractivity contribution in [3.8, 4) is 0 Å². The lowest BCUT2D eigenvalue weighted by atomic mass is 10.2. The molecule has 0 amide bonds. The molecule has 0 bridgehead atoms. The van der Waals surface area contributed by atoms with Crippen molar-refractivity contribution in [2.24, 2.45) is 0 Å². The molecular formula is C22H30O4Si. The number of ether oxygens (including phenoxy) is 1. The van der Waals surface area contributed by atoms with E-state index in [1.54, 1.807) is 0 Å². The fourth-order valence-corrected chi connectivity index (χ4v) is 8.27. The number of carbonyl (C=O) groups excluding carboxylic acids is 1. The third-order valence-corrected chi connectivity index (χ3v) is 9.93. The van der Waals surface area contributed by atoms with Gasteiger partial charge in [0.05, 0.1) is 19.6 Å². The zero-order chi connectivity index (χ0) is 19.9. The van der Waals surface area contributed by atoms with E-state index in [0.717, 1.165) is 10.4 Å². The van der Waals surface area contributed by atoms with E-state index in [1.807, 2.05) is 36.4 Å². The van der Waals surface area contributed by atoms with Crippen molar-refractivity contribution >= 4 is 24.7 Å². The zero-order valence-corrected chi connectivity index (χ0v) is 17.6. The summed E-state index contributed by atoms with van der Waals surface area (Å²) in [5, 5.41) is 11.7. The van der Waals surface area contributed by atoms with Crippen LogP contribution < -0.4 is 10.4 Å². The number of methoxy groups -OCH3 is 1. The largest absolute Gasteiger partial charge is 0.469 e. The summed E-state index contributed by atoms with van der Waals surface area (Å²) in [7, 11) is -1.37. The van der Waals surface area contributed by atoms with E-state index >= 15 is 0 Å². The first kappa shape index (κ1) is 21.3. The summed E-state index contributed by atoms with van der Waals surface area (Å²) in [6.07, 6.45) is 0.106. The summed E-state index contributed by atoms with van der Waals surface area (Å²) in [4.78, 5) is 11.9. The van der Waals surface area contributed by atoms with Gasteiger partial charge in [-0.15, -0.1) is 0 Å². The summed E-state index contributed by atoms with van der Waals surface area (Å²) in [6.45, 7) is 6.52. The maximum Gasteiger partial charge on any atom is 0.308 e. The lowest BCUT2D eigenvalue weighted by Crippen LogP contribution is -2.67. The molecule has 0 heterocycles. The average molecular weight is 387 g/mol. The Balaban J connectivity index is 2.62. The van der Waals surface area contributed by atoms with Crippen molar-refractivity contribution in [3.05, 3.63) is 60.7 Å². The highest BCUT2D eigenvalue weighted by molar-refractivity contribution is 6.99. The smallest absolute Gasteiger partial charge is 0.308 e. The van der Waals surface area contributed by atoms with Crippen LogP contribution in [-0.2, 0) is 14.0 Å². The van der Waals surface area contributed by atoms with Crippen LogP contribution in [-0.4, -0.2) is 39.2 Å². The molecule has 27 heavy (non-hydrogen) atoms. The highest BCUT2D eigenvalue weighted by Gasteiger charge is 2.51. The summed E-state index contributed by atoms with van der Waals surface area (Å²) < 4.78 is 11.7. The van der Waals surface area contributed by atoms with Crippen molar-refractivity contribution < 1.29 is 19.1 Å². The standard InChI is InChI=1S/C22H30O4Si/c1-22(2,3)27(19-11-7-5-8-12-19,20-13-9-6-10-14-20)26-18(15-16-23)17-21(24)25-4/h5-14,18,23H,15-17H2,1-4H3. The van der Waals surface area contributed by atoms with Gasteiger partial charge in [0, 0.05) is 6.61 Å². The Labute approximate surface area is 163 Å². The van der Waals surface area contributed by atoms with Gasteiger partial charge < -0.3 is 14.3 Å². The molecule has 0 fully saturated rings. The van der Waals surface area contributed by atoms with Gasteiger partial charge in [0.15, 0.2) is 0 Å². The SMILES string of the molecule is COC(=O)CC(CCO)O[Si](c1ccccc1)(c1ccccc1)C(C)(C)C. The van der Waals surface area contributed by atoms with Crippen LogP contribution in [0.5, 0.6) is 0 Å². The Bertz CT molecular complexity index is 671. The Morgan fingerprint density at radius 1 is 1.00 bits per heavy atom. The van der Waals surface area contributed by atoms with E-state index in [-0.39, 0.29) is 24.0 Å². The second-order valence-electron chi connectivity index (χ2n) is 7.70. The maximum atomic E-state index is 11.9. The highest BCUT2D eigenvalue weighted by Crippen LogP contribution is 2.38. The molecule has 0 saturated carbocycles. The number of hydrogen-bond acceptors (Lipinski definition) is 4. The number of benzene rings is 2. The van der Waals surface area contributed by atoms with Crippen molar-refractivity contribution in [3.63, 3.8) is 0 Å². The molecular weight excluding hydrogens is 356 g/mol. The van der Waals surface area contributed by atoms with Gasteiger partial charge in [-0.1, -0.05) is 81.4 Å². The van der Waals surface area contributed by atoms with Crippen LogP contribution >= 0.6 is 0 Å². The van der Waals surface area contributed by atoms with Gasteiger partial charge in [-0.25, -0.2) is 0 Å². The molecule has 1 atom stereocenters. The number of esters is 1. The van der Waals surface area contributed by atoms with E-state index in [4.69, 9.17) is 9.16 Å². The van der Waals surface area contributed by atoms with Crippen molar-refractivity contribution in [1.82, 2.24) is 0 Å². The average Bonchev–Trinajstić information content (AvgIpc) is 2.66. The van der Waals surface area contributed by atoms with Crippen LogP contribution in [0.2, 0.25) is 5.04 Å². The Morgan fingerprint density at radius 2 is 1.48 bits per heavy atom. The van der Waals surface area contributed by atoms with E-state index in [1.165, 1.54) is 7.11 Å². The minimum atomic E-state index is -2.75. The second kappa shape index (κ2) is 9.31. The maximum absolute atomic E-state index is 11.9. The molecule has 0 aliphatic rings. The molecule has 0 radical (unpaired) electrons. The van der Waals surface area contributed by atoms with Gasteiger partial charge in [0.2, 0.25) is 0 Å². The molecule has 0 spiro atoms. The number of hydrogen-bond donors (Lipinski definition) is 1. The first-order chi connectivity index (χ1) is 12.8. The van der Waals surface area contributed by atoms with E-state index in [9.17, 15) is 9.90 Å². The highest BCUT2D eigenvalue weighted by atomic mass is 28.4. The number of aliphatic hydroxyl groups excluding tert-OH is 1. The summed E-state index contributed by atoms with van der Waals surface area (Å²) >= 11 is 0. The van der Waals surface area contributed by atoms with Gasteiger partial charge in [-0.3, -0.25) is 4.79 Å². The minimum Gasteiger partial charge on any atom is -0.469 e. The van der Waals surface area contributed by atoms with Gasteiger partial charge in [-0.05, 0) is 21.8 Å². The van der Waals surface area contributed by atoms with E-state index in [2.05, 4.69) is 45.0 Å². The number of aliphatic hydroxyl groups is 1. The summed E-state index contributed by atoms with van der Waals surface area (Å²) in [5.74, 6) is -0.327. The van der Waals surface area contributed by atoms with Gasteiger partial charge in [0.25, 0.3) is 8.32 Å². The first-order valence-electron chi connectivity index (χ1n) is 9.31. The lowest BCUT2D eigenvalue weighted by molar-refractivity contribution is -0.142. The summed E-state index contributed by atoms with van der Waals surface area (Å²) in [5.41, 5.74) is 0. The molecule has 5 heteroatoms. The monoisotopic (exact) mass is 386 g/mol. The molecule has 4 nitrogen and oxygen atoms in total. The normalized spacial score (nSPS) is 13.2. The molecule has 0 aromatic heterocycles. The third-order valence-electron chi connectivity index (χ3n) is 4.83. The Kier molecular flexibility index (Phi) is 7.36. The Morgan fingerprint density at radius 3 is 1.85 bits per heavy atom. The number of rotatable bonds is 8. The molecule has 0 aliphatic heterocycles. The van der Waals surface area contributed by atoms with Crippen LogP contribution in [0.1, 0.15) is 33.6 Å². The van der Waals surface area contributed by atoms with Gasteiger partial charge in [-0.2, -0.15) is 0 Å². The molecule has 2 aromatic rings. The molecule has 2 rings (SSSR count). The van der Waals surface area contributed by atoms with Crippen LogP contribution in [0, 0.1) is 0 Å². The number of carbonyl (C=O) groups is 1. The summed E-state index contributed by atoms with van der Waals surface area (Å²) in [6, 6.07) is 20.5. The topological polar surface area (TPSA) is 55.8 Å². The molecule has 0 aliphatic carbocycles. The van der Waals surface area contributed by atoms with Gasteiger partial charge >= 0.3 is 5.97 Å². The van der Waals surface area contributed by atoms with Crippen molar-refractivity contribution in [2.75, 3.05) is 13.7 Å². The predicted molar refractivity (Wildman–Crippen MR) is 111 cm³/mol.